The Morgan fingerprint density at radius 1 is 1.06 bits per heavy atom. The van der Waals surface area contributed by atoms with Crippen LogP contribution in [0.3, 0.4) is 0 Å². The van der Waals surface area contributed by atoms with Gasteiger partial charge >= 0.3 is 6.18 Å². The number of alkyl halides is 3. The number of likely N-dealkylation sites (tertiary alicyclic amines) is 1. The number of hydrogen-bond donors (Lipinski definition) is 1. The van der Waals surface area contributed by atoms with Crippen LogP contribution in [-0.2, 0) is 0 Å². The predicted octanol–water partition coefficient (Wildman–Crippen LogP) is 2.39. The number of rotatable bonds is 5. The Morgan fingerprint density at radius 2 is 1.69 bits per heavy atom. The summed E-state index contributed by atoms with van der Waals surface area (Å²) in [6, 6.07) is 0. The molecule has 2 N–H and O–H groups in total. The van der Waals surface area contributed by atoms with Crippen LogP contribution in [0.5, 0.6) is 0 Å². The second-order valence-corrected chi connectivity index (χ2v) is 4.51. The summed E-state index contributed by atoms with van der Waals surface area (Å²) in [6.45, 7) is 2.81. The van der Waals surface area contributed by atoms with Crippen molar-refractivity contribution in [3.63, 3.8) is 0 Å². The van der Waals surface area contributed by atoms with Gasteiger partial charge in [0, 0.05) is 0 Å². The van der Waals surface area contributed by atoms with E-state index in [0.29, 0.717) is 19.6 Å². The first-order valence-electron chi connectivity index (χ1n) is 6.03. The fourth-order valence-corrected chi connectivity index (χ4v) is 2.14. The van der Waals surface area contributed by atoms with Crippen LogP contribution in [-0.4, -0.2) is 37.3 Å². The zero-order valence-corrected chi connectivity index (χ0v) is 9.60. The minimum atomic E-state index is -3.99. The van der Waals surface area contributed by atoms with E-state index in [9.17, 15) is 13.2 Å². The predicted molar refractivity (Wildman–Crippen MR) is 58.1 cm³/mol. The molecule has 0 unspecified atom stereocenters. The van der Waals surface area contributed by atoms with E-state index >= 15 is 0 Å². The van der Waals surface area contributed by atoms with Gasteiger partial charge in [0.15, 0.2) is 0 Å². The van der Waals surface area contributed by atoms with E-state index in [0.717, 1.165) is 25.8 Å². The molecule has 0 spiro atoms. The van der Waals surface area contributed by atoms with E-state index < -0.39 is 12.1 Å². The Kier molecular flexibility index (Phi) is 5.55. The average Bonchev–Trinajstić information content (AvgIpc) is 2.24. The van der Waals surface area contributed by atoms with E-state index in [-0.39, 0.29) is 12.8 Å². The van der Waals surface area contributed by atoms with Crippen LogP contribution in [0.4, 0.5) is 13.2 Å². The summed E-state index contributed by atoms with van der Waals surface area (Å²) in [7, 11) is 0. The Balaban J connectivity index is 2.12. The lowest BCUT2D eigenvalue weighted by Crippen LogP contribution is -2.39. The molecular formula is C11H21F3N2. The molecule has 1 fully saturated rings. The van der Waals surface area contributed by atoms with Gasteiger partial charge in [-0.05, 0) is 51.9 Å². The van der Waals surface area contributed by atoms with Crippen molar-refractivity contribution in [1.82, 2.24) is 4.90 Å². The second-order valence-electron chi connectivity index (χ2n) is 4.51. The molecule has 0 aromatic heterocycles. The summed E-state index contributed by atoms with van der Waals surface area (Å²) in [5.41, 5.74) is 5.38. The minimum Gasteiger partial charge on any atom is -0.330 e. The summed E-state index contributed by atoms with van der Waals surface area (Å²) in [4.78, 5) is 2.14. The number of nitrogens with two attached hydrogens (primary N) is 1. The maximum atomic E-state index is 12.4. The standard InChI is InChI=1S/C11H21F3N2/c12-11(13,14)10-4-8-16(9-5-10)7-3-1-2-6-15/h10H,1-9,15H2. The number of hydrogen-bond acceptors (Lipinski definition) is 2. The van der Waals surface area contributed by atoms with Gasteiger partial charge in [-0.1, -0.05) is 6.42 Å². The molecule has 2 nitrogen and oxygen atoms in total. The highest BCUT2D eigenvalue weighted by Gasteiger charge is 2.40. The summed E-state index contributed by atoms with van der Waals surface area (Å²) in [5.74, 6) is -1.08. The lowest BCUT2D eigenvalue weighted by Gasteiger charge is -2.32. The topological polar surface area (TPSA) is 29.3 Å². The number of piperidine rings is 1. The molecular weight excluding hydrogens is 217 g/mol. The van der Waals surface area contributed by atoms with E-state index in [1.807, 2.05) is 0 Å². The molecule has 0 amide bonds. The lowest BCUT2D eigenvalue weighted by molar-refractivity contribution is -0.185. The smallest absolute Gasteiger partial charge is 0.330 e. The van der Waals surface area contributed by atoms with Crippen molar-refractivity contribution in [2.75, 3.05) is 26.2 Å². The monoisotopic (exact) mass is 238 g/mol. The molecule has 0 saturated carbocycles. The molecule has 1 rings (SSSR count). The summed E-state index contributed by atoms with van der Waals surface area (Å²) in [6.07, 6.45) is -0.324. The van der Waals surface area contributed by atoms with Crippen LogP contribution < -0.4 is 5.73 Å². The zero-order valence-electron chi connectivity index (χ0n) is 9.60. The van der Waals surface area contributed by atoms with Crippen molar-refractivity contribution in [3.05, 3.63) is 0 Å². The Labute approximate surface area is 95.0 Å². The number of halogens is 3. The van der Waals surface area contributed by atoms with Gasteiger partial charge in [-0.25, -0.2) is 0 Å². The molecule has 1 heterocycles. The highest BCUT2D eigenvalue weighted by Crippen LogP contribution is 2.34. The van der Waals surface area contributed by atoms with Gasteiger partial charge in [-0.2, -0.15) is 13.2 Å². The fraction of sp³-hybridized carbons (Fsp3) is 1.00. The maximum Gasteiger partial charge on any atom is 0.391 e. The van der Waals surface area contributed by atoms with Crippen LogP contribution in [0.1, 0.15) is 32.1 Å². The summed E-state index contributed by atoms with van der Waals surface area (Å²) < 4.78 is 37.2. The van der Waals surface area contributed by atoms with Gasteiger partial charge in [0.25, 0.3) is 0 Å². The Morgan fingerprint density at radius 3 is 2.19 bits per heavy atom. The molecule has 0 bridgehead atoms. The van der Waals surface area contributed by atoms with E-state index in [1.54, 1.807) is 0 Å². The third kappa shape index (κ3) is 4.70. The molecule has 16 heavy (non-hydrogen) atoms. The van der Waals surface area contributed by atoms with Crippen LogP contribution >= 0.6 is 0 Å². The number of nitrogens with zero attached hydrogens (tertiary/aromatic N) is 1. The average molecular weight is 238 g/mol. The van der Waals surface area contributed by atoms with Crippen molar-refractivity contribution < 1.29 is 13.2 Å². The van der Waals surface area contributed by atoms with Gasteiger partial charge in [0.05, 0.1) is 5.92 Å². The largest absolute Gasteiger partial charge is 0.391 e. The van der Waals surface area contributed by atoms with Crippen LogP contribution in [0.25, 0.3) is 0 Å². The van der Waals surface area contributed by atoms with Crippen molar-refractivity contribution in [3.8, 4) is 0 Å². The first-order chi connectivity index (χ1) is 7.54. The third-order valence-corrected chi connectivity index (χ3v) is 3.23. The van der Waals surface area contributed by atoms with Gasteiger partial charge in [-0.3, -0.25) is 0 Å². The molecule has 0 aromatic rings. The molecule has 1 aliphatic heterocycles. The van der Waals surface area contributed by atoms with E-state index in [2.05, 4.69) is 4.90 Å². The van der Waals surface area contributed by atoms with Crippen molar-refractivity contribution in [2.24, 2.45) is 11.7 Å². The van der Waals surface area contributed by atoms with E-state index in [1.165, 1.54) is 0 Å². The fourth-order valence-electron chi connectivity index (χ4n) is 2.14. The second kappa shape index (κ2) is 6.45. The molecule has 1 aliphatic rings. The quantitative estimate of drug-likeness (QED) is 0.745. The van der Waals surface area contributed by atoms with Crippen LogP contribution in [0.15, 0.2) is 0 Å². The SMILES string of the molecule is NCCCCCN1CCC(C(F)(F)F)CC1. The van der Waals surface area contributed by atoms with E-state index in [4.69, 9.17) is 5.73 Å². The van der Waals surface area contributed by atoms with Gasteiger partial charge in [0.2, 0.25) is 0 Å². The highest BCUT2D eigenvalue weighted by atomic mass is 19.4. The summed E-state index contributed by atoms with van der Waals surface area (Å²) >= 11 is 0. The Hall–Kier alpha value is -0.290. The van der Waals surface area contributed by atoms with Crippen molar-refractivity contribution in [2.45, 2.75) is 38.3 Å². The summed E-state index contributed by atoms with van der Waals surface area (Å²) in [5, 5.41) is 0. The Bertz CT molecular complexity index is 186. The third-order valence-electron chi connectivity index (χ3n) is 3.23. The van der Waals surface area contributed by atoms with Gasteiger partial charge in [-0.15, -0.1) is 0 Å². The highest BCUT2D eigenvalue weighted by molar-refractivity contribution is 4.76. The molecule has 96 valence electrons. The minimum absolute atomic E-state index is 0.264. The first-order valence-corrected chi connectivity index (χ1v) is 6.03. The first kappa shape index (κ1) is 13.8. The van der Waals surface area contributed by atoms with Crippen LogP contribution in [0, 0.1) is 5.92 Å². The van der Waals surface area contributed by atoms with Crippen molar-refractivity contribution in [1.29, 1.82) is 0 Å². The molecule has 1 saturated heterocycles. The molecule has 0 atom stereocenters. The molecule has 0 radical (unpaired) electrons. The maximum absolute atomic E-state index is 12.4. The molecule has 5 heteroatoms. The lowest BCUT2D eigenvalue weighted by atomic mass is 9.96. The zero-order chi connectivity index (χ0) is 12.0. The van der Waals surface area contributed by atoms with Crippen LogP contribution in [0.2, 0.25) is 0 Å². The normalized spacial score (nSPS) is 20.2. The number of unbranched alkanes of at least 4 members (excludes halogenated alkanes) is 2. The molecule has 0 aliphatic carbocycles. The van der Waals surface area contributed by atoms with Gasteiger partial charge in [0.1, 0.15) is 0 Å². The van der Waals surface area contributed by atoms with Crippen molar-refractivity contribution >= 4 is 0 Å². The van der Waals surface area contributed by atoms with Gasteiger partial charge < -0.3 is 10.6 Å². The molecule has 0 aromatic carbocycles.